The Kier molecular flexibility index (Phi) is 3.93. The van der Waals surface area contributed by atoms with E-state index < -0.39 is 21.8 Å². The molecule has 1 aromatic carbocycles. The van der Waals surface area contributed by atoms with Crippen molar-refractivity contribution in [3.63, 3.8) is 0 Å². The number of halogens is 1. The molecule has 16 heavy (non-hydrogen) atoms. The number of carbonyl (C=O) groups excluding carboxylic acids is 1. The van der Waals surface area contributed by atoms with Crippen LogP contribution in [0, 0.1) is 5.92 Å². The molecule has 88 valence electrons. The SMILES string of the molecule is CC(C)C(=O)NS(=O)(=O)c1cccc(Cl)c1. The molecule has 0 saturated carbocycles. The highest BCUT2D eigenvalue weighted by atomic mass is 35.5. The van der Waals surface area contributed by atoms with Crippen LogP contribution in [0.2, 0.25) is 5.02 Å². The molecule has 0 heterocycles. The smallest absolute Gasteiger partial charge is 0.264 e. The third-order valence-electron chi connectivity index (χ3n) is 1.87. The fourth-order valence-electron chi connectivity index (χ4n) is 0.943. The van der Waals surface area contributed by atoms with Crippen LogP contribution in [0.15, 0.2) is 29.2 Å². The van der Waals surface area contributed by atoms with Gasteiger partial charge in [-0.1, -0.05) is 31.5 Å². The van der Waals surface area contributed by atoms with E-state index in [-0.39, 0.29) is 4.90 Å². The van der Waals surface area contributed by atoms with Gasteiger partial charge in [0.1, 0.15) is 0 Å². The van der Waals surface area contributed by atoms with Crippen molar-refractivity contribution in [3.8, 4) is 0 Å². The minimum Gasteiger partial charge on any atom is -0.274 e. The molecule has 1 N–H and O–H groups in total. The number of carbonyl (C=O) groups is 1. The summed E-state index contributed by atoms with van der Waals surface area (Å²) in [5.41, 5.74) is 0. The molecule has 6 heteroatoms. The van der Waals surface area contributed by atoms with Gasteiger partial charge in [-0.25, -0.2) is 13.1 Å². The Hall–Kier alpha value is -1.07. The lowest BCUT2D eigenvalue weighted by molar-refractivity contribution is -0.122. The lowest BCUT2D eigenvalue weighted by Gasteiger charge is -2.08. The summed E-state index contributed by atoms with van der Waals surface area (Å²) in [6, 6.07) is 5.74. The third-order valence-corrected chi connectivity index (χ3v) is 3.45. The first-order valence-electron chi connectivity index (χ1n) is 4.65. The van der Waals surface area contributed by atoms with Gasteiger partial charge in [-0.15, -0.1) is 0 Å². The van der Waals surface area contributed by atoms with Crippen molar-refractivity contribution in [1.29, 1.82) is 0 Å². The maximum atomic E-state index is 11.7. The van der Waals surface area contributed by atoms with Crippen molar-refractivity contribution < 1.29 is 13.2 Å². The first-order chi connectivity index (χ1) is 7.33. The van der Waals surface area contributed by atoms with E-state index in [1.54, 1.807) is 19.9 Å². The highest BCUT2D eigenvalue weighted by molar-refractivity contribution is 7.90. The second-order valence-corrected chi connectivity index (χ2v) is 5.70. The summed E-state index contributed by atoms with van der Waals surface area (Å²) in [6.45, 7) is 3.23. The summed E-state index contributed by atoms with van der Waals surface area (Å²) < 4.78 is 25.4. The van der Waals surface area contributed by atoms with Crippen molar-refractivity contribution in [3.05, 3.63) is 29.3 Å². The number of hydrogen-bond acceptors (Lipinski definition) is 3. The number of sulfonamides is 1. The number of nitrogens with one attached hydrogen (secondary N) is 1. The second-order valence-electron chi connectivity index (χ2n) is 3.58. The Bertz CT molecular complexity index is 497. The van der Waals surface area contributed by atoms with E-state index in [1.807, 2.05) is 4.72 Å². The maximum absolute atomic E-state index is 11.7. The Morgan fingerprint density at radius 3 is 2.50 bits per heavy atom. The summed E-state index contributed by atoms with van der Waals surface area (Å²) in [6.07, 6.45) is 0. The molecule has 0 unspecified atom stereocenters. The quantitative estimate of drug-likeness (QED) is 0.902. The number of benzene rings is 1. The van der Waals surface area contributed by atoms with Gasteiger partial charge in [0.25, 0.3) is 10.0 Å². The van der Waals surface area contributed by atoms with Gasteiger partial charge in [-0.05, 0) is 18.2 Å². The van der Waals surface area contributed by atoms with E-state index in [9.17, 15) is 13.2 Å². The fraction of sp³-hybridized carbons (Fsp3) is 0.300. The summed E-state index contributed by atoms with van der Waals surface area (Å²) >= 11 is 5.67. The minimum atomic E-state index is -3.81. The van der Waals surface area contributed by atoms with Gasteiger partial charge in [-0.3, -0.25) is 4.79 Å². The molecule has 0 aliphatic rings. The molecule has 0 atom stereocenters. The topological polar surface area (TPSA) is 63.2 Å². The maximum Gasteiger partial charge on any atom is 0.264 e. The van der Waals surface area contributed by atoms with E-state index in [0.29, 0.717) is 5.02 Å². The molecule has 0 aliphatic carbocycles. The molecule has 0 spiro atoms. The highest BCUT2D eigenvalue weighted by Crippen LogP contribution is 2.15. The molecule has 1 rings (SSSR count). The van der Waals surface area contributed by atoms with E-state index in [4.69, 9.17) is 11.6 Å². The van der Waals surface area contributed by atoms with Crippen molar-refractivity contribution in [2.24, 2.45) is 5.92 Å². The minimum absolute atomic E-state index is 0.0194. The molecule has 0 radical (unpaired) electrons. The Balaban J connectivity index is 2.99. The summed E-state index contributed by atoms with van der Waals surface area (Å²) in [5.74, 6) is -0.936. The summed E-state index contributed by atoms with van der Waals surface area (Å²) in [5, 5.41) is 0.305. The zero-order chi connectivity index (χ0) is 12.3. The van der Waals surface area contributed by atoms with Gasteiger partial charge >= 0.3 is 0 Å². The van der Waals surface area contributed by atoms with Gasteiger partial charge in [0.05, 0.1) is 4.90 Å². The zero-order valence-electron chi connectivity index (χ0n) is 8.90. The molecular formula is C10H12ClNO3S. The summed E-state index contributed by atoms with van der Waals surface area (Å²) in [7, 11) is -3.81. The Morgan fingerprint density at radius 2 is 2.00 bits per heavy atom. The molecule has 0 saturated heterocycles. The van der Waals surface area contributed by atoms with E-state index >= 15 is 0 Å². The number of hydrogen-bond donors (Lipinski definition) is 1. The summed E-state index contributed by atoms with van der Waals surface area (Å²) in [4.78, 5) is 11.3. The van der Waals surface area contributed by atoms with Crippen LogP contribution in [0.4, 0.5) is 0 Å². The fourth-order valence-corrected chi connectivity index (χ4v) is 2.36. The molecule has 0 fully saturated rings. The van der Waals surface area contributed by atoms with Gasteiger partial charge in [-0.2, -0.15) is 0 Å². The zero-order valence-corrected chi connectivity index (χ0v) is 10.5. The van der Waals surface area contributed by atoms with Crippen molar-refractivity contribution in [1.82, 2.24) is 4.72 Å². The van der Waals surface area contributed by atoms with E-state index in [2.05, 4.69) is 0 Å². The molecule has 0 bridgehead atoms. The van der Waals surface area contributed by atoms with Crippen LogP contribution in [0.5, 0.6) is 0 Å². The highest BCUT2D eigenvalue weighted by Gasteiger charge is 2.19. The number of rotatable bonds is 3. The van der Waals surface area contributed by atoms with Crippen LogP contribution >= 0.6 is 11.6 Å². The van der Waals surface area contributed by atoms with Crippen molar-refractivity contribution >= 4 is 27.5 Å². The van der Waals surface area contributed by atoms with Crippen LogP contribution in [-0.2, 0) is 14.8 Å². The predicted octanol–water partition coefficient (Wildman–Crippen LogP) is 1.80. The molecule has 4 nitrogen and oxygen atoms in total. The molecular weight excluding hydrogens is 250 g/mol. The second kappa shape index (κ2) is 4.84. The van der Waals surface area contributed by atoms with E-state index in [1.165, 1.54) is 18.2 Å². The lowest BCUT2D eigenvalue weighted by Crippen LogP contribution is -2.33. The van der Waals surface area contributed by atoms with Crippen LogP contribution in [-0.4, -0.2) is 14.3 Å². The molecule has 0 aliphatic heterocycles. The van der Waals surface area contributed by atoms with Crippen LogP contribution < -0.4 is 4.72 Å². The van der Waals surface area contributed by atoms with Crippen LogP contribution in [0.1, 0.15) is 13.8 Å². The first-order valence-corrected chi connectivity index (χ1v) is 6.51. The third kappa shape index (κ3) is 3.21. The van der Waals surface area contributed by atoms with Gasteiger partial charge in [0.2, 0.25) is 5.91 Å². The average molecular weight is 262 g/mol. The lowest BCUT2D eigenvalue weighted by atomic mass is 10.2. The first kappa shape index (κ1) is 13.0. The molecule has 1 amide bonds. The van der Waals surface area contributed by atoms with Crippen molar-refractivity contribution in [2.75, 3.05) is 0 Å². The van der Waals surface area contributed by atoms with Crippen molar-refractivity contribution in [2.45, 2.75) is 18.7 Å². The standard InChI is InChI=1S/C10H12ClNO3S/c1-7(2)10(13)12-16(14,15)9-5-3-4-8(11)6-9/h3-7H,1-2H3,(H,12,13). The van der Waals surface area contributed by atoms with Gasteiger partial charge in [0, 0.05) is 10.9 Å². The predicted molar refractivity (Wildman–Crippen MR) is 61.6 cm³/mol. The van der Waals surface area contributed by atoms with Crippen LogP contribution in [0.3, 0.4) is 0 Å². The van der Waals surface area contributed by atoms with Gasteiger partial charge < -0.3 is 0 Å². The Labute approximate surface area is 99.7 Å². The van der Waals surface area contributed by atoms with Gasteiger partial charge in [0.15, 0.2) is 0 Å². The number of amides is 1. The normalized spacial score (nSPS) is 11.5. The Morgan fingerprint density at radius 1 is 1.38 bits per heavy atom. The average Bonchev–Trinajstić information content (AvgIpc) is 2.17. The molecule has 0 aromatic heterocycles. The largest absolute Gasteiger partial charge is 0.274 e. The van der Waals surface area contributed by atoms with E-state index in [0.717, 1.165) is 0 Å². The van der Waals surface area contributed by atoms with Crippen LogP contribution in [0.25, 0.3) is 0 Å². The molecule has 1 aromatic rings. The monoisotopic (exact) mass is 261 g/mol.